The van der Waals surface area contributed by atoms with Crippen molar-refractivity contribution in [1.82, 2.24) is 4.57 Å². The van der Waals surface area contributed by atoms with E-state index in [2.05, 4.69) is 5.32 Å². The third-order valence-corrected chi connectivity index (χ3v) is 5.67. The molecular weight excluding hydrogens is 406 g/mol. The van der Waals surface area contributed by atoms with Gasteiger partial charge in [0.25, 0.3) is 5.69 Å². The number of nitro benzene ring substituents is 1. The summed E-state index contributed by atoms with van der Waals surface area (Å²) in [6, 6.07) is 9.64. The lowest BCUT2D eigenvalue weighted by molar-refractivity contribution is -0.384. The highest BCUT2D eigenvalue weighted by atomic mass is 32.1. The summed E-state index contributed by atoms with van der Waals surface area (Å²) >= 11 is 1.64. The Morgan fingerprint density at radius 3 is 2.60 bits per heavy atom. The molecule has 0 aliphatic carbocycles. The van der Waals surface area contributed by atoms with E-state index in [9.17, 15) is 19.7 Å². The van der Waals surface area contributed by atoms with E-state index in [1.807, 2.05) is 35.9 Å². The van der Waals surface area contributed by atoms with Crippen molar-refractivity contribution >= 4 is 34.5 Å². The van der Waals surface area contributed by atoms with Crippen molar-refractivity contribution in [2.75, 3.05) is 19.0 Å². The van der Waals surface area contributed by atoms with Crippen LogP contribution in [0.1, 0.15) is 37.0 Å². The molecule has 156 valence electrons. The summed E-state index contributed by atoms with van der Waals surface area (Å²) in [6.07, 6.45) is 0. The number of benzene rings is 1. The first-order valence-electron chi connectivity index (χ1n) is 9.17. The van der Waals surface area contributed by atoms with Crippen LogP contribution in [0.25, 0.3) is 0 Å². The summed E-state index contributed by atoms with van der Waals surface area (Å²) in [6.45, 7) is 4.00. The van der Waals surface area contributed by atoms with Gasteiger partial charge >= 0.3 is 5.97 Å². The fourth-order valence-electron chi connectivity index (χ4n) is 3.20. The summed E-state index contributed by atoms with van der Waals surface area (Å²) in [4.78, 5) is 36.7. The maximum atomic E-state index is 12.7. The number of esters is 1. The van der Waals surface area contributed by atoms with Crippen LogP contribution >= 0.6 is 11.3 Å². The molecule has 0 saturated carbocycles. The highest BCUT2D eigenvalue weighted by Crippen LogP contribution is 2.23. The van der Waals surface area contributed by atoms with Gasteiger partial charge in [0.2, 0.25) is 5.78 Å². The monoisotopic (exact) mass is 427 g/mol. The Bertz CT molecular complexity index is 1100. The summed E-state index contributed by atoms with van der Waals surface area (Å²) in [5, 5.41) is 15.8. The molecule has 0 aliphatic heterocycles. The van der Waals surface area contributed by atoms with Crippen LogP contribution in [0.15, 0.2) is 41.8 Å². The minimum atomic E-state index is -0.802. The molecule has 2 heterocycles. The number of Topliss-reactive ketones (excluding diaryl/α,β-unsaturated/α-hetero) is 1. The molecule has 0 aliphatic rings. The molecule has 1 aromatic carbocycles. The van der Waals surface area contributed by atoms with Gasteiger partial charge in [0.05, 0.1) is 17.0 Å². The lowest BCUT2D eigenvalue weighted by Gasteiger charge is -2.10. The number of thiophene rings is 1. The van der Waals surface area contributed by atoms with E-state index in [4.69, 9.17) is 4.74 Å². The number of rotatable bonds is 8. The maximum Gasteiger partial charge on any atom is 0.340 e. The molecule has 0 fully saturated rings. The fraction of sp³-hybridized carbons (Fsp3) is 0.238. The van der Waals surface area contributed by atoms with Gasteiger partial charge < -0.3 is 14.6 Å². The number of carbonyl (C=O) groups excluding carboxylic acids is 2. The average molecular weight is 427 g/mol. The van der Waals surface area contributed by atoms with Crippen LogP contribution in [0.3, 0.4) is 0 Å². The van der Waals surface area contributed by atoms with Gasteiger partial charge in [-0.2, -0.15) is 0 Å². The second-order valence-corrected chi connectivity index (χ2v) is 7.72. The highest BCUT2D eigenvalue weighted by Gasteiger charge is 2.21. The van der Waals surface area contributed by atoms with Gasteiger partial charge in [0.15, 0.2) is 6.61 Å². The Balaban J connectivity index is 1.74. The minimum absolute atomic E-state index is 0.00247. The molecular formula is C21H21N3O5S. The fourth-order valence-corrected chi connectivity index (χ4v) is 3.90. The SMILES string of the molecule is CNc1ccc([N+](=O)[O-])cc1C(=O)OCC(=O)c1cc(C)n(Cc2cccs2)c1C. The molecule has 0 bridgehead atoms. The summed E-state index contributed by atoms with van der Waals surface area (Å²) in [7, 11) is 1.59. The van der Waals surface area contributed by atoms with Crippen LogP contribution in [0.5, 0.6) is 0 Å². The molecule has 0 saturated heterocycles. The predicted octanol–water partition coefficient (Wildman–Crippen LogP) is 4.20. The molecule has 9 heteroatoms. The van der Waals surface area contributed by atoms with Crippen molar-refractivity contribution < 1.29 is 19.2 Å². The van der Waals surface area contributed by atoms with E-state index in [1.165, 1.54) is 17.0 Å². The predicted molar refractivity (Wildman–Crippen MR) is 115 cm³/mol. The molecule has 0 radical (unpaired) electrons. The van der Waals surface area contributed by atoms with Gasteiger partial charge in [0.1, 0.15) is 0 Å². The number of carbonyl (C=O) groups is 2. The number of non-ortho nitro benzene ring substituents is 1. The maximum absolute atomic E-state index is 12.7. The number of ether oxygens (including phenoxy) is 1. The molecule has 0 unspecified atom stereocenters. The molecule has 0 spiro atoms. The highest BCUT2D eigenvalue weighted by molar-refractivity contribution is 7.09. The smallest absolute Gasteiger partial charge is 0.340 e. The molecule has 0 amide bonds. The van der Waals surface area contributed by atoms with Crippen molar-refractivity contribution in [3.05, 3.63) is 79.3 Å². The first-order valence-corrected chi connectivity index (χ1v) is 10.1. The van der Waals surface area contributed by atoms with Crippen LogP contribution < -0.4 is 5.32 Å². The molecule has 3 aromatic rings. The molecule has 30 heavy (non-hydrogen) atoms. The van der Waals surface area contributed by atoms with E-state index in [-0.39, 0.29) is 17.0 Å². The van der Waals surface area contributed by atoms with E-state index >= 15 is 0 Å². The Morgan fingerprint density at radius 2 is 1.97 bits per heavy atom. The first kappa shape index (κ1) is 21.3. The summed E-state index contributed by atoms with van der Waals surface area (Å²) in [5.41, 5.74) is 2.38. The van der Waals surface area contributed by atoms with Crippen molar-refractivity contribution in [3.63, 3.8) is 0 Å². The Kier molecular flexibility index (Phi) is 6.31. The third-order valence-electron chi connectivity index (χ3n) is 4.81. The first-order chi connectivity index (χ1) is 14.3. The lowest BCUT2D eigenvalue weighted by atomic mass is 10.1. The summed E-state index contributed by atoms with van der Waals surface area (Å²) in [5.74, 6) is -1.13. The number of nitro groups is 1. The number of hydrogen-bond acceptors (Lipinski definition) is 7. The van der Waals surface area contributed by atoms with Gasteiger partial charge in [-0.1, -0.05) is 6.07 Å². The van der Waals surface area contributed by atoms with E-state index < -0.39 is 17.5 Å². The molecule has 3 rings (SSSR count). The van der Waals surface area contributed by atoms with Gasteiger partial charge in [-0.3, -0.25) is 14.9 Å². The van der Waals surface area contributed by atoms with Crippen LogP contribution in [0, 0.1) is 24.0 Å². The molecule has 8 nitrogen and oxygen atoms in total. The molecule has 0 atom stereocenters. The largest absolute Gasteiger partial charge is 0.454 e. The zero-order chi connectivity index (χ0) is 21.8. The van der Waals surface area contributed by atoms with Gasteiger partial charge in [0, 0.05) is 46.7 Å². The second kappa shape index (κ2) is 8.91. The Hall–Kier alpha value is -3.46. The minimum Gasteiger partial charge on any atom is -0.454 e. The number of aryl methyl sites for hydroxylation is 1. The van der Waals surface area contributed by atoms with E-state index in [0.29, 0.717) is 17.8 Å². The average Bonchev–Trinajstić information content (AvgIpc) is 3.35. The van der Waals surface area contributed by atoms with E-state index in [0.717, 1.165) is 17.5 Å². The van der Waals surface area contributed by atoms with Crippen molar-refractivity contribution in [1.29, 1.82) is 0 Å². The zero-order valence-electron chi connectivity index (χ0n) is 16.8. The van der Waals surface area contributed by atoms with Crippen molar-refractivity contribution in [2.24, 2.45) is 0 Å². The number of ketones is 1. The molecule has 2 aromatic heterocycles. The van der Waals surface area contributed by atoms with Gasteiger partial charge in [-0.05, 0) is 37.4 Å². The van der Waals surface area contributed by atoms with Crippen LogP contribution in [0.4, 0.5) is 11.4 Å². The zero-order valence-corrected chi connectivity index (χ0v) is 17.6. The topological polar surface area (TPSA) is 103 Å². The van der Waals surface area contributed by atoms with E-state index in [1.54, 1.807) is 24.5 Å². The van der Waals surface area contributed by atoms with Gasteiger partial charge in [-0.25, -0.2) is 4.79 Å². The van der Waals surface area contributed by atoms with Crippen LogP contribution in [0.2, 0.25) is 0 Å². The summed E-state index contributed by atoms with van der Waals surface area (Å²) < 4.78 is 7.22. The van der Waals surface area contributed by atoms with Crippen LogP contribution in [-0.2, 0) is 11.3 Å². The number of nitrogens with zero attached hydrogens (tertiary/aromatic N) is 2. The molecule has 1 N–H and O–H groups in total. The Morgan fingerprint density at radius 1 is 1.20 bits per heavy atom. The number of aromatic nitrogens is 1. The number of hydrogen-bond donors (Lipinski definition) is 1. The van der Waals surface area contributed by atoms with Gasteiger partial charge in [-0.15, -0.1) is 11.3 Å². The normalized spacial score (nSPS) is 10.6. The quantitative estimate of drug-likeness (QED) is 0.250. The number of anilines is 1. The van der Waals surface area contributed by atoms with Crippen LogP contribution in [-0.4, -0.2) is 34.9 Å². The van der Waals surface area contributed by atoms with Crippen molar-refractivity contribution in [2.45, 2.75) is 20.4 Å². The van der Waals surface area contributed by atoms with Crippen molar-refractivity contribution in [3.8, 4) is 0 Å². The standard InChI is InChI=1S/C21H21N3O5S/c1-13-9-17(14(2)23(13)11-16-5-4-8-30-16)20(25)12-29-21(26)18-10-15(24(27)28)6-7-19(18)22-3/h4-10,22H,11-12H2,1-3H3. The number of nitrogens with one attached hydrogen (secondary N) is 1. The Labute approximate surface area is 177 Å². The lowest BCUT2D eigenvalue weighted by Crippen LogP contribution is -2.16. The third kappa shape index (κ3) is 4.41. The second-order valence-electron chi connectivity index (χ2n) is 6.69.